The molecule has 0 fully saturated rings. The van der Waals surface area contributed by atoms with Gasteiger partial charge in [-0.25, -0.2) is 0 Å². The fraction of sp³-hybridized carbons (Fsp3) is 0.333. The molecule has 1 heterocycles. The third kappa shape index (κ3) is 1.83. The second kappa shape index (κ2) is 3.38. The van der Waals surface area contributed by atoms with E-state index in [0.29, 0.717) is 5.75 Å². The van der Waals surface area contributed by atoms with Gasteiger partial charge in [0.2, 0.25) is 6.79 Å². The summed E-state index contributed by atoms with van der Waals surface area (Å²) in [5, 5.41) is 0. The van der Waals surface area contributed by atoms with Gasteiger partial charge in [0.25, 0.3) is 0 Å². The zero-order valence-corrected chi connectivity index (χ0v) is 8.10. The Hall–Kier alpha value is -1.03. The van der Waals surface area contributed by atoms with Crippen molar-refractivity contribution < 1.29 is 13.7 Å². The van der Waals surface area contributed by atoms with Crippen molar-refractivity contribution in [3.63, 3.8) is 0 Å². The van der Waals surface area contributed by atoms with E-state index in [1.165, 1.54) is 0 Å². The van der Waals surface area contributed by atoms with E-state index in [9.17, 15) is 4.21 Å². The summed E-state index contributed by atoms with van der Waals surface area (Å²) < 4.78 is 21.3. The highest BCUT2D eigenvalue weighted by atomic mass is 32.2. The standard InChI is InChI=1S/C9H10O3S/c1-13(10)5-7-2-3-8-9(4-7)12-6-11-8/h2-4H,5-6H2,1H3. The van der Waals surface area contributed by atoms with Crippen molar-refractivity contribution in [3.05, 3.63) is 23.8 Å². The summed E-state index contributed by atoms with van der Waals surface area (Å²) in [4.78, 5) is 0. The molecule has 0 aliphatic carbocycles. The van der Waals surface area contributed by atoms with Crippen molar-refractivity contribution in [3.8, 4) is 11.5 Å². The second-order valence-corrected chi connectivity index (χ2v) is 4.34. The van der Waals surface area contributed by atoms with Gasteiger partial charge < -0.3 is 9.47 Å². The normalized spacial score (nSPS) is 15.8. The summed E-state index contributed by atoms with van der Waals surface area (Å²) in [5.74, 6) is 2.09. The van der Waals surface area contributed by atoms with E-state index in [2.05, 4.69) is 0 Å². The molecule has 1 aromatic carbocycles. The van der Waals surface area contributed by atoms with Crippen LogP contribution in [0, 0.1) is 0 Å². The maximum absolute atomic E-state index is 11.0. The largest absolute Gasteiger partial charge is 0.454 e. The van der Waals surface area contributed by atoms with Gasteiger partial charge in [-0.3, -0.25) is 4.21 Å². The monoisotopic (exact) mass is 198 g/mol. The maximum Gasteiger partial charge on any atom is 0.231 e. The lowest BCUT2D eigenvalue weighted by Gasteiger charge is -1.99. The third-order valence-electron chi connectivity index (χ3n) is 1.81. The van der Waals surface area contributed by atoms with Gasteiger partial charge in [0.05, 0.1) is 0 Å². The fourth-order valence-electron chi connectivity index (χ4n) is 1.27. The van der Waals surface area contributed by atoms with Gasteiger partial charge in [-0.15, -0.1) is 0 Å². The van der Waals surface area contributed by atoms with E-state index < -0.39 is 10.8 Å². The summed E-state index contributed by atoms with van der Waals surface area (Å²) in [6.45, 7) is 0.286. The second-order valence-electron chi connectivity index (χ2n) is 2.91. The van der Waals surface area contributed by atoms with Crippen LogP contribution in [-0.2, 0) is 16.6 Å². The Labute approximate surface area is 79.1 Å². The van der Waals surface area contributed by atoms with Gasteiger partial charge in [0.15, 0.2) is 11.5 Å². The number of hydrogen-bond acceptors (Lipinski definition) is 3. The minimum atomic E-state index is -0.809. The summed E-state index contributed by atoms with van der Waals surface area (Å²) in [6, 6.07) is 5.64. The molecule has 13 heavy (non-hydrogen) atoms. The summed E-state index contributed by atoms with van der Waals surface area (Å²) in [5.41, 5.74) is 1.02. The number of benzene rings is 1. The van der Waals surface area contributed by atoms with Crippen LogP contribution in [-0.4, -0.2) is 17.3 Å². The van der Waals surface area contributed by atoms with Crippen LogP contribution in [0.4, 0.5) is 0 Å². The van der Waals surface area contributed by atoms with Crippen LogP contribution < -0.4 is 9.47 Å². The first-order valence-corrected chi connectivity index (χ1v) is 5.67. The molecule has 1 aliphatic heterocycles. The van der Waals surface area contributed by atoms with Crippen molar-refractivity contribution >= 4 is 10.8 Å². The molecule has 0 N–H and O–H groups in total. The first-order valence-electron chi connectivity index (χ1n) is 3.94. The molecule has 3 nitrogen and oxygen atoms in total. The number of rotatable bonds is 2. The Morgan fingerprint density at radius 3 is 2.92 bits per heavy atom. The van der Waals surface area contributed by atoms with Gasteiger partial charge >= 0.3 is 0 Å². The average molecular weight is 198 g/mol. The molecule has 0 amide bonds. The Morgan fingerprint density at radius 2 is 2.15 bits per heavy atom. The van der Waals surface area contributed by atoms with Crippen LogP contribution in [0.1, 0.15) is 5.56 Å². The predicted molar refractivity (Wildman–Crippen MR) is 50.3 cm³/mol. The zero-order chi connectivity index (χ0) is 9.26. The molecule has 0 saturated heterocycles. The molecule has 1 aromatic rings. The topological polar surface area (TPSA) is 35.5 Å². The smallest absolute Gasteiger partial charge is 0.231 e. The molecule has 0 radical (unpaired) electrons. The predicted octanol–water partition coefficient (Wildman–Crippen LogP) is 1.29. The van der Waals surface area contributed by atoms with E-state index >= 15 is 0 Å². The van der Waals surface area contributed by atoms with E-state index in [1.54, 1.807) is 6.26 Å². The zero-order valence-electron chi connectivity index (χ0n) is 7.28. The molecule has 1 unspecified atom stereocenters. The average Bonchev–Trinajstić information content (AvgIpc) is 2.49. The molecule has 70 valence electrons. The first kappa shape index (κ1) is 8.56. The molecular formula is C9H10O3S. The van der Waals surface area contributed by atoms with Crippen LogP contribution >= 0.6 is 0 Å². The van der Waals surface area contributed by atoms with E-state index in [0.717, 1.165) is 17.1 Å². The Bertz CT molecular complexity index is 349. The quantitative estimate of drug-likeness (QED) is 0.718. The van der Waals surface area contributed by atoms with Crippen molar-refractivity contribution in [1.29, 1.82) is 0 Å². The van der Waals surface area contributed by atoms with Crippen LogP contribution in [0.3, 0.4) is 0 Å². The number of ether oxygens (including phenoxy) is 2. The molecular weight excluding hydrogens is 188 g/mol. The molecule has 0 aromatic heterocycles. The third-order valence-corrected chi connectivity index (χ3v) is 2.55. The van der Waals surface area contributed by atoms with Crippen LogP contribution in [0.25, 0.3) is 0 Å². The van der Waals surface area contributed by atoms with Gasteiger partial charge in [-0.2, -0.15) is 0 Å². The highest BCUT2D eigenvalue weighted by Crippen LogP contribution is 2.32. The maximum atomic E-state index is 11.0. The summed E-state index contributed by atoms with van der Waals surface area (Å²) in [6.07, 6.45) is 1.69. The van der Waals surface area contributed by atoms with E-state index in [4.69, 9.17) is 9.47 Å². The van der Waals surface area contributed by atoms with Gasteiger partial charge in [-0.05, 0) is 17.7 Å². The first-order chi connectivity index (χ1) is 6.25. The SMILES string of the molecule is CS(=O)Cc1ccc2c(c1)OCO2. The van der Waals surface area contributed by atoms with Gasteiger partial charge in [0, 0.05) is 22.8 Å². The lowest BCUT2D eigenvalue weighted by molar-refractivity contribution is 0.174. The minimum absolute atomic E-state index is 0.286. The molecule has 1 atom stereocenters. The van der Waals surface area contributed by atoms with Crippen molar-refractivity contribution in [2.45, 2.75) is 5.75 Å². The molecule has 4 heteroatoms. The van der Waals surface area contributed by atoms with Crippen molar-refractivity contribution in [2.75, 3.05) is 13.0 Å². The lowest BCUT2D eigenvalue weighted by atomic mass is 10.2. The minimum Gasteiger partial charge on any atom is -0.454 e. The van der Waals surface area contributed by atoms with Gasteiger partial charge in [0.1, 0.15) is 0 Å². The van der Waals surface area contributed by atoms with Crippen molar-refractivity contribution in [2.24, 2.45) is 0 Å². The fourth-order valence-corrected chi connectivity index (χ4v) is 1.91. The molecule has 0 bridgehead atoms. The Morgan fingerprint density at radius 1 is 1.38 bits per heavy atom. The molecule has 2 rings (SSSR count). The highest BCUT2D eigenvalue weighted by molar-refractivity contribution is 7.83. The Balaban J connectivity index is 2.25. The van der Waals surface area contributed by atoms with Crippen LogP contribution in [0.5, 0.6) is 11.5 Å². The lowest BCUT2D eigenvalue weighted by Crippen LogP contribution is -1.93. The van der Waals surface area contributed by atoms with Crippen molar-refractivity contribution in [1.82, 2.24) is 0 Å². The van der Waals surface area contributed by atoms with E-state index in [1.807, 2.05) is 18.2 Å². The Kier molecular flexibility index (Phi) is 2.22. The van der Waals surface area contributed by atoms with E-state index in [-0.39, 0.29) is 6.79 Å². The summed E-state index contributed by atoms with van der Waals surface area (Å²) >= 11 is 0. The van der Waals surface area contributed by atoms with Crippen LogP contribution in [0.2, 0.25) is 0 Å². The highest BCUT2D eigenvalue weighted by Gasteiger charge is 2.13. The molecule has 0 saturated carbocycles. The van der Waals surface area contributed by atoms with Crippen LogP contribution in [0.15, 0.2) is 18.2 Å². The molecule has 0 spiro atoms. The molecule has 1 aliphatic rings. The summed E-state index contributed by atoms with van der Waals surface area (Å²) in [7, 11) is -0.809. The van der Waals surface area contributed by atoms with Gasteiger partial charge in [-0.1, -0.05) is 6.07 Å². The number of fused-ring (bicyclic) bond motifs is 1. The number of hydrogen-bond donors (Lipinski definition) is 0.